The zero-order chi connectivity index (χ0) is 26.8. The summed E-state index contributed by atoms with van der Waals surface area (Å²) in [6.45, 7) is 4.02. The van der Waals surface area contributed by atoms with Gasteiger partial charge >= 0.3 is 5.97 Å². The van der Waals surface area contributed by atoms with Gasteiger partial charge in [-0.2, -0.15) is 0 Å². The molecule has 0 bridgehead atoms. The predicted molar refractivity (Wildman–Crippen MR) is 152 cm³/mol. The zero-order valence-electron chi connectivity index (χ0n) is 23.0. The zero-order valence-corrected chi connectivity index (χ0v) is 23.0. The standard InChI is InChI=1S/C33H46O5/c1-2-3-8-19-29(36-24-27-15-9-6-10-16-27)26-38-32-23-22-31(37-25-28-17-11-7-12-18-28)30(32)20-13-4-5-14-21-33(34)35/h6-7,9-13,15-18,20,29-32H,2-5,8,14,19,21-26H2,1H3,(H,34,35)/t29-,30+,31+,32-/m0/s1. The van der Waals surface area contributed by atoms with Crippen LogP contribution in [0.3, 0.4) is 0 Å². The molecule has 1 fully saturated rings. The lowest BCUT2D eigenvalue weighted by atomic mass is 10.0. The average Bonchev–Trinajstić information content (AvgIpc) is 3.33. The molecule has 38 heavy (non-hydrogen) atoms. The van der Waals surface area contributed by atoms with Gasteiger partial charge in [0.25, 0.3) is 0 Å². The Kier molecular flexibility index (Phi) is 14.2. The van der Waals surface area contributed by atoms with Crippen molar-refractivity contribution >= 4 is 5.97 Å². The highest BCUT2D eigenvalue weighted by molar-refractivity contribution is 5.66. The first-order valence-corrected chi connectivity index (χ1v) is 14.5. The lowest BCUT2D eigenvalue weighted by molar-refractivity contribution is -0.137. The van der Waals surface area contributed by atoms with Crippen molar-refractivity contribution < 1.29 is 24.1 Å². The van der Waals surface area contributed by atoms with Gasteiger partial charge in [0.05, 0.1) is 38.1 Å². The van der Waals surface area contributed by atoms with E-state index in [-0.39, 0.29) is 30.7 Å². The molecule has 0 saturated heterocycles. The van der Waals surface area contributed by atoms with E-state index in [0.717, 1.165) is 38.5 Å². The first-order chi connectivity index (χ1) is 18.7. The maximum atomic E-state index is 10.8. The van der Waals surface area contributed by atoms with Crippen molar-refractivity contribution in [2.45, 2.75) is 103 Å². The highest BCUT2D eigenvalue weighted by atomic mass is 16.5. The second-order valence-corrected chi connectivity index (χ2v) is 10.3. The maximum absolute atomic E-state index is 10.8. The van der Waals surface area contributed by atoms with Crippen molar-refractivity contribution in [3.05, 3.63) is 83.9 Å². The summed E-state index contributed by atoms with van der Waals surface area (Å²) in [6, 6.07) is 20.6. The van der Waals surface area contributed by atoms with Gasteiger partial charge in [0.15, 0.2) is 0 Å². The van der Waals surface area contributed by atoms with Gasteiger partial charge in [0.2, 0.25) is 0 Å². The van der Waals surface area contributed by atoms with Crippen LogP contribution in [0.5, 0.6) is 0 Å². The van der Waals surface area contributed by atoms with Gasteiger partial charge in [0.1, 0.15) is 0 Å². The Labute approximate surface area is 229 Å². The molecule has 4 atom stereocenters. The minimum Gasteiger partial charge on any atom is -0.481 e. The molecule has 1 aliphatic carbocycles. The fourth-order valence-corrected chi connectivity index (χ4v) is 5.01. The Morgan fingerprint density at radius 1 is 0.895 bits per heavy atom. The van der Waals surface area contributed by atoms with Crippen LogP contribution in [-0.2, 0) is 32.2 Å². The lowest BCUT2D eigenvalue weighted by Crippen LogP contribution is -2.29. The van der Waals surface area contributed by atoms with Crippen molar-refractivity contribution in [2.24, 2.45) is 5.92 Å². The van der Waals surface area contributed by atoms with E-state index < -0.39 is 5.97 Å². The molecule has 2 aromatic rings. The summed E-state index contributed by atoms with van der Waals surface area (Å²) >= 11 is 0. The van der Waals surface area contributed by atoms with Gasteiger partial charge in [-0.3, -0.25) is 4.79 Å². The van der Waals surface area contributed by atoms with E-state index >= 15 is 0 Å². The molecule has 1 N–H and O–H groups in total. The number of aliphatic carboxylic acids is 1. The van der Waals surface area contributed by atoms with Crippen LogP contribution in [0.2, 0.25) is 0 Å². The molecular formula is C33H46O5. The average molecular weight is 523 g/mol. The van der Waals surface area contributed by atoms with E-state index in [1.54, 1.807) is 0 Å². The van der Waals surface area contributed by atoms with Gasteiger partial charge in [0, 0.05) is 12.3 Å². The second-order valence-electron chi connectivity index (χ2n) is 10.3. The number of ether oxygens (including phenoxy) is 3. The highest BCUT2D eigenvalue weighted by Crippen LogP contribution is 2.33. The van der Waals surface area contributed by atoms with Crippen molar-refractivity contribution in [3.8, 4) is 0 Å². The number of hydrogen-bond acceptors (Lipinski definition) is 4. The molecule has 5 heteroatoms. The highest BCUT2D eigenvalue weighted by Gasteiger charge is 2.36. The van der Waals surface area contributed by atoms with Gasteiger partial charge in [-0.15, -0.1) is 0 Å². The number of unbranched alkanes of at least 4 members (excludes halogenated alkanes) is 4. The molecule has 0 aromatic heterocycles. The Morgan fingerprint density at radius 2 is 1.55 bits per heavy atom. The number of benzene rings is 2. The summed E-state index contributed by atoms with van der Waals surface area (Å²) < 4.78 is 19.3. The molecule has 2 aromatic carbocycles. The largest absolute Gasteiger partial charge is 0.481 e. The quantitative estimate of drug-likeness (QED) is 0.151. The third kappa shape index (κ3) is 11.5. The molecular weight excluding hydrogens is 476 g/mol. The van der Waals surface area contributed by atoms with E-state index in [1.807, 2.05) is 36.4 Å². The molecule has 1 aliphatic rings. The van der Waals surface area contributed by atoms with E-state index in [2.05, 4.69) is 43.3 Å². The normalized spacial score (nSPS) is 20.2. The molecule has 0 aliphatic heterocycles. The number of carboxylic acids is 1. The molecule has 0 unspecified atom stereocenters. The molecule has 5 nitrogen and oxygen atoms in total. The van der Waals surface area contributed by atoms with E-state index in [0.29, 0.717) is 26.2 Å². The fourth-order valence-electron chi connectivity index (χ4n) is 5.01. The fraction of sp³-hybridized carbons (Fsp3) is 0.545. The van der Waals surface area contributed by atoms with Gasteiger partial charge in [-0.05, 0) is 49.7 Å². The Morgan fingerprint density at radius 3 is 2.21 bits per heavy atom. The topological polar surface area (TPSA) is 65.0 Å². The third-order valence-electron chi connectivity index (χ3n) is 7.23. The second kappa shape index (κ2) is 17.9. The summed E-state index contributed by atoms with van der Waals surface area (Å²) in [5.41, 5.74) is 2.37. The SMILES string of the molecule is CCCCC[C@@H](CO[C@H]1CC[C@@H](OCc2ccccc2)[C@H]1C=CCCCCC(=O)O)OCc1ccccc1. The summed E-state index contributed by atoms with van der Waals surface area (Å²) in [7, 11) is 0. The minimum absolute atomic E-state index is 0.0756. The monoisotopic (exact) mass is 522 g/mol. The van der Waals surface area contributed by atoms with Crippen molar-refractivity contribution in [1.29, 1.82) is 0 Å². The number of allylic oxidation sites excluding steroid dienone is 1. The molecule has 0 spiro atoms. The van der Waals surface area contributed by atoms with Crippen LogP contribution in [0.25, 0.3) is 0 Å². The van der Waals surface area contributed by atoms with Crippen LogP contribution in [0, 0.1) is 5.92 Å². The van der Waals surface area contributed by atoms with Crippen LogP contribution in [0.15, 0.2) is 72.8 Å². The van der Waals surface area contributed by atoms with Crippen LogP contribution in [-0.4, -0.2) is 36.0 Å². The van der Waals surface area contributed by atoms with Gasteiger partial charge < -0.3 is 19.3 Å². The van der Waals surface area contributed by atoms with Gasteiger partial charge in [-0.25, -0.2) is 0 Å². The summed E-state index contributed by atoms with van der Waals surface area (Å²) in [5, 5.41) is 8.88. The van der Waals surface area contributed by atoms with Gasteiger partial charge in [-0.1, -0.05) is 99.0 Å². The Hall–Kier alpha value is -2.47. The van der Waals surface area contributed by atoms with Crippen LogP contribution in [0.4, 0.5) is 0 Å². The molecule has 1 saturated carbocycles. The molecule has 0 heterocycles. The van der Waals surface area contributed by atoms with Crippen molar-refractivity contribution in [3.63, 3.8) is 0 Å². The van der Waals surface area contributed by atoms with Crippen LogP contribution < -0.4 is 0 Å². The molecule has 208 valence electrons. The van der Waals surface area contributed by atoms with Crippen LogP contribution in [0.1, 0.15) is 82.3 Å². The summed E-state index contributed by atoms with van der Waals surface area (Å²) in [4.78, 5) is 10.8. The van der Waals surface area contributed by atoms with Crippen molar-refractivity contribution in [2.75, 3.05) is 6.61 Å². The maximum Gasteiger partial charge on any atom is 0.303 e. The Balaban J connectivity index is 1.57. The smallest absolute Gasteiger partial charge is 0.303 e. The molecule has 3 rings (SSSR count). The molecule has 0 amide bonds. The predicted octanol–water partition coefficient (Wildman–Crippen LogP) is 7.73. The van der Waals surface area contributed by atoms with E-state index in [4.69, 9.17) is 19.3 Å². The number of hydrogen-bond donors (Lipinski definition) is 1. The third-order valence-corrected chi connectivity index (χ3v) is 7.23. The van der Waals surface area contributed by atoms with E-state index in [9.17, 15) is 4.79 Å². The summed E-state index contributed by atoms with van der Waals surface area (Å²) in [6.07, 6.45) is 13.9. The lowest BCUT2D eigenvalue weighted by Gasteiger charge is -2.25. The van der Waals surface area contributed by atoms with E-state index in [1.165, 1.54) is 24.0 Å². The number of carbonyl (C=O) groups is 1. The van der Waals surface area contributed by atoms with Crippen molar-refractivity contribution in [1.82, 2.24) is 0 Å². The first kappa shape index (κ1) is 30.1. The van der Waals surface area contributed by atoms with Crippen LogP contribution >= 0.6 is 0 Å². The number of rotatable bonds is 19. The number of carboxylic acid groups (broad SMARTS) is 1. The molecule has 0 radical (unpaired) electrons. The first-order valence-electron chi connectivity index (χ1n) is 14.5. The summed E-state index contributed by atoms with van der Waals surface area (Å²) in [5.74, 6) is -0.542. The Bertz CT molecular complexity index is 913. The minimum atomic E-state index is -0.726.